The molecule has 0 spiro atoms. The Morgan fingerprint density at radius 1 is 1.24 bits per heavy atom. The molecule has 1 aliphatic carbocycles. The van der Waals surface area contributed by atoms with Crippen molar-refractivity contribution in [2.24, 2.45) is 5.41 Å². The Hall–Kier alpha value is -3.36. The maximum absolute atomic E-state index is 13.2. The van der Waals surface area contributed by atoms with Crippen molar-refractivity contribution in [3.63, 3.8) is 0 Å². The zero-order valence-corrected chi connectivity index (χ0v) is 19.2. The topological polar surface area (TPSA) is 107 Å². The smallest absolute Gasteiger partial charge is 0.408 e. The Morgan fingerprint density at radius 2 is 1.94 bits per heavy atom. The second-order valence-electron chi connectivity index (χ2n) is 9.15. The third-order valence-corrected chi connectivity index (χ3v) is 5.24. The van der Waals surface area contributed by atoms with Crippen LogP contribution in [0, 0.1) is 11.2 Å². The molecule has 9 heteroatoms. The maximum Gasteiger partial charge on any atom is 0.408 e. The Bertz CT molecular complexity index is 1040. The van der Waals surface area contributed by atoms with Crippen LogP contribution in [-0.2, 0) is 25.5 Å². The Morgan fingerprint density at radius 3 is 2.58 bits per heavy atom. The Balaban J connectivity index is 1.84. The molecule has 1 heterocycles. The summed E-state index contributed by atoms with van der Waals surface area (Å²) in [6.45, 7) is 7.05. The van der Waals surface area contributed by atoms with E-state index in [0.29, 0.717) is 11.4 Å². The van der Waals surface area contributed by atoms with E-state index in [1.165, 1.54) is 0 Å². The van der Waals surface area contributed by atoms with Gasteiger partial charge < -0.3 is 14.8 Å². The van der Waals surface area contributed by atoms with Gasteiger partial charge in [0, 0.05) is 12.0 Å². The van der Waals surface area contributed by atoms with Gasteiger partial charge in [0.2, 0.25) is 0 Å². The quantitative estimate of drug-likeness (QED) is 0.660. The lowest BCUT2D eigenvalue weighted by molar-refractivity contribution is -0.155. The lowest BCUT2D eigenvalue weighted by Gasteiger charge is -2.27. The number of esters is 1. The van der Waals surface area contributed by atoms with Crippen LogP contribution in [-0.4, -0.2) is 46.1 Å². The van der Waals surface area contributed by atoms with Crippen LogP contribution in [0.3, 0.4) is 0 Å². The number of halogens is 1. The van der Waals surface area contributed by atoms with E-state index in [9.17, 15) is 18.8 Å². The second kappa shape index (κ2) is 9.64. The van der Waals surface area contributed by atoms with Crippen LogP contribution in [0.4, 0.5) is 9.18 Å². The van der Waals surface area contributed by atoms with E-state index in [2.05, 4.69) is 15.3 Å². The molecule has 33 heavy (non-hydrogen) atoms. The van der Waals surface area contributed by atoms with E-state index in [-0.39, 0.29) is 31.7 Å². The number of hydrogen-bond donors (Lipinski definition) is 1. The summed E-state index contributed by atoms with van der Waals surface area (Å²) in [7, 11) is 0. The van der Waals surface area contributed by atoms with Gasteiger partial charge in [0.05, 0.1) is 30.5 Å². The molecule has 2 aromatic rings. The molecule has 176 valence electrons. The zero-order chi connectivity index (χ0) is 24.2. The van der Waals surface area contributed by atoms with E-state index < -0.39 is 34.9 Å². The molecule has 0 radical (unpaired) electrons. The lowest BCUT2D eigenvalue weighted by Crippen LogP contribution is -2.42. The number of nitrogens with one attached hydrogen (secondary N) is 1. The molecule has 8 nitrogen and oxygen atoms in total. The van der Waals surface area contributed by atoms with E-state index >= 15 is 0 Å². The minimum Gasteiger partial charge on any atom is -0.466 e. The van der Waals surface area contributed by atoms with Gasteiger partial charge in [-0.05, 0) is 52.2 Å². The minimum absolute atomic E-state index is 0.0659. The number of rotatable bonds is 6. The van der Waals surface area contributed by atoms with E-state index in [4.69, 9.17) is 9.47 Å². The number of hydrogen-bond acceptors (Lipinski definition) is 7. The largest absolute Gasteiger partial charge is 0.466 e. The van der Waals surface area contributed by atoms with Crippen molar-refractivity contribution in [1.82, 2.24) is 15.3 Å². The number of ketones is 1. The van der Waals surface area contributed by atoms with Crippen molar-refractivity contribution in [3.8, 4) is 11.4 Å². The number of alkyl carbamates (subject to hydrolysis) is 1. The highest BCUT2D eigenvalue weighted by molar-refractivity contribution is 5.96. The fourth-order valence-corrected chi connectivity index (χ4v) is 3.93. The lowest BCUT2D eigenvalue weighted by atomic mass is 9.79. The van der Waals surface area contributed by atoms with Crippen molar-refractivity contribution in [2.45, 2.75) is 58.6 Å². The van der Waals surface area contributed by atoms with Gasteiger partial charge in [-0.3, -0.25) is 9.59 Å². The Kier molecular flexibility index (Phi) is 7.09. The first kappa shape index (κ1) is 24.3. The molecular weight excluding hydrogens is 429 g/mol. The zero-order valence-electron chi connectivity index (χ0n) is 19.2. The number of nitrogens with zero attached hydrogens (tertiary/aromatic N) is 2. The van der Waals surface area contributed by atoms with Gasteiger partial charge in [-0.1, -0.05) is 18.2 Å². The van der Waals surface area contributed by atoms with Crippen LogP contribution in [0.1, 0.15) is 46.1 Å². The molecular formula is C24H28FN3O5. The molecule has 1 fully saturated rings. The van der Waals surface area contributed by atoms with Gasteiger partial charge >= 0.3 is 12.1 Å². The molecule has 1 N–H and O–H groups in total. The highest BCUT2D eigenvalue weighted by Crippen LogP contribution is 2.41. The van der Waals surface area contributed by atoms with Crippen molar-refractivity contribution < 1.29 is 28.2 Å². The molecule has 1 aromatic carbocycles. The van der Waals surface area contributed by atoms with Gasteiger partial charge in [0.15, 0.2) is 17.4 Å². The summed E-state index contributed by atoms with van der Waals surface area (Å²) in [6.07, 6.45) is 1.70. The van der Waals surface area contributed by atoms with Gasteiger partial charge in [0.25, 0.3) is 0 Å². The Labute approximate surface area is 191 Å². The van der Waals surface area contributed by atoms with Gasteiger partial charge in [-0.25, -0.2) is 19.2 Å². The van der Waals surface area contributed by atoms with Crippen LogP contribution in [0.25, 0.3) is 11.4 Å². The number of carbonyl (C=O) groups excluding carboxylic acids is 3. The van der Waals surface area contributed by atoms with Crippen molar-refractivity contribution in [1.29, 1.82) is 0 Å². The summed E-state index contributed by atoms with van der Waals surface area (Å²) in [4.78, 5) is 46.0. The summed E-state index contributed by atoms with van der Waals surface area (Å²) in [6, 6.07) is 6.33. The van der Waals surface area contributed by atoms with Crippen LogP contribution >= 0.6 is 0 Å². The maximum atomic E-state index is 13.2. The number of ether oxygens (including phenoxy) is 2. The van der Waals surface area contributed by atoms with E-state index in [1.807, 2.05) is 6.07 Å². The molecule has 0 bridgehead atoms. The molecule has 0 unspecified atom stereocenters. The standard InChI is InChI=1S/C24H28FN3O5/c1-5-32-21(30)24(11-18(19(29)12-24)28-22(31)33-23(2,3)4)10-15-7-6-8-16(9-15)20-26-13-17(25)14-27-20/h6-9,13-14,18H,5,10-12H2,1-4H3,(H,28,31)/t18-,24-/m1/s1. The van der Waals surface area contributed by atoms with Crippen molar-refractivity contribution >= 4 is 17.8 Å². The molecule has 0 aliphatic heterocycles. The number of amides is 1. The van der Waals surface area contributed by atoms with Gasteiger partial charge in [0.1, 0.15) is 5.60 Å². The highest BCUT2D eigenvalue weighted by atomic mass is 19.1. The molecule has 1 saturated carbocycles. The SMILES string of the molecule is CCOC(=O)[C@@]1(Cc2cccc(-c3ncc(F)cn3)c2)CC(=O)[C@H](NC(=O)OC(C)(C)C)C1. The first-order valence-corrected chi connectivity index (χ1v) is 10.8. The predicted molar refractivity (Wildman–Crippen MR) is 118 cm³/mol. The summed E-state index contributed by atoms with van der Waals surface area (Å²) >= 11 is 0. The summed E-state index contributed by atoms with van der Waals surface area (Å²) in [5.41, 5.74) is -0.430. The van der Waals surface area contributed by atoms with Crippen molar-refractivity contribution in [2.75, 3.05) is 6.61 Å². The van der Waals surface area contributed by atoms with E-state index in [0.717, 1.165) is 18.0 Å². The number of carbonyl (C=O) groups is 3. The van der Waals surface area contributed by atoms with Crippen LogP contribution in [0.5, 0.6) is 0 Å². The number of benzene rings is 1. The average molecular weight is 458 g/mol. The first-order chi connectivity index (χ1) is 15.5. The third kappa shape index (κ3) is 6.12. The highest BCUT2D eigenvalue weighted by Gasteiger charge is 2.51. The van der Waals surface area contributed by atoms with Crippen LogP contribution in [0.15, 0.2) is 36.7 Å². The van der Waals surface area contributed by atoms with Crippen LogP contribution < -0.4 is 5.32 Å². The van der Waals surface area contributed by atoms with Gasteiger partial charge in [-0.2, -0.15) is 0 Å². The molecule has 1 aliphatic rings. The van der Waals surface area contributed by atoms with Gasteiger partial charge in [-0.15, -0.1) is 0 Å². The third-order valence-electron chi connectivity index (χ3n) is 5.24. The first-order valence-electron chi connectivity index (χ1n) is 10.8. The molecule has 2 atom stereocenters. The number of Topliss-reactive ketones (excluding diaryl/α,β-unsaturated/α-hetero) is 1. The number of aromatic nitrogens is 2. The minimum atomic E-state index is -1.13. The molecule has 1 aromatic heterocycles. The monoisotopic (exact) mass is 457 g/mol. The average Bonchev–Trinajstić information content (AvgIpc) is 3.03. The summed E-state index contributed by atoms with van der Waals surface area (Å²) in [5.74, 6) is -0.943. The molecule has 0 saturated heterocycles. The fraction of sp³-hybridized carbons (Fsp3) is 0.458. The summed E-state index contributed by atoms with van der Waals surface area (Å²) < 4.78 is 23.7. The molecule has 3 rings (SSSR count). The predicted octanol–water partition coefficient (Wildman–Crippen LogP) is 3.63. The normalized spacial score (nSPS) is 20.4. The van der Waals surface area contributed by atoms with Crippen molar-refractivity contribution in [3.05, 3.63) is 48.0 Å². The second-order valence-corrected chi connectivity index (χ2v) is 9.15. The summed E-state index contributed by atoms with van der Waals surface area (Å²) in [5, 5.41) is 2.59. The fourth-order valence-electron chi connectivity index (χ4n) is 3.93. The molecule has 1 amide bonds. The van der Waals surface area contributed by atoms with Crippen LogP contribution in [0.2, 0.25) is 0 Å². The van der Waals surface area contributed by atoms with E-state index in [1.54, 1.807) is 45.9 Å².